The van der Waals surface area contributed by atoms with Gasteiger partial charge in [0.2, 0.25) is 0 Å². The smallest absolute Gasteiger partial charge is 0.257 e. The first-order valence-corrected chi connectivity index (χ1v) is 9.59. The summed E-state index contributed by atoms with van der Waals surface area (Å²) < 4.78 is 12.8. The van der Waals surface area contributed by atoms with Gasteiger partial charge in [0.1, 0.15) is 23.7 Å². The average molecular weight is 370 g/mol. The number of likely N-dealkylation sites (tertiary alicyclic amines) is 1. The van der Waals surface area contributed by atoms with E-state index in [-0.39, 0.29) is 5.91 Å². The molecule has 27 heavy (non-hydrogen) atoms. The zero-order valence-corrected chi connectivity index (χ0v) is 15.9. The predicted molar refractivity (Wildman–Crippen MR) is 100 cm³/mol. The fourth-order valence-electron chi connectivity index (χ4n) is 4.17. The third-order valence-electron chi connectivity index (χ3n) is 5.72. The molecule has 0 atom stereocenters. The topological polar surface area (TPSA) is 69.5 Å². The Hall–Kier alpha value is -2.57. The summed E-state index contributed by atoms with van der Waals surface area (Å²) in [4.78, 5) is 14.7. The normalized spacial score (nSPS) is 17.8. The van der Waals surface area contributed by atoms with Crippen LogP contribution in [0.2, 0.25) is 0 Å². The highest BCUT2D eigenvalue weighted by Gasteiger charge is 2.34. The van der Waals surface area contributed by atoms with Crippen LogP contribution in [0.5, 0.6) is 11.5 Å². The maximum Gasteiger partial charge on any atom is 0.257 e. The molecule has 7 nitrogen and oxygen atoms in total. The van der Waals surface area contributed by atoms with Crippen LogP contribution >= 0.6 is 0 Å². The Morgan fingerprint density at radius 2 is 1.96 bits per heavy atom. The SMILES string of the molecule is COc1ccc(C(=O)N2CC(Cc3nncn3C3CCCC3)C2)c(OC)c1. The number of benzene rings is 1. The minimum absolute atomic E-state index is 0.00279. The Morgan fingerprint density at radius 3 is 2.67 bits per heavy atom. The zero-order chi connectivity index (χ0) is 18.8. The van der Waals surface area contributed by atoms with E-state index in [1.165, 1.54) is 25.7 Å². The van der Waals surface area contributed by atoms with Crippen LogP contribution in [0.25, 0.3) is 0 Å². The molecule has 2 aliphatic rings. The summed E-state index contributed by atoms with van der Waals surface area (Å²) >= 11 is 0. The fourth-order valence-corrected chi connectivity index (χ4v) is 4.17. The summed E-state index contributed by atoms with van der Waals surface area (Å²) in [7, 11) is 3.17. The highest BCUT2D eigenvalue weighted by atomic mass is 16.5. The van der Waals surface area contributed by atoms with Gasteiger partial charge >= 0.3 is 0 Å². The molecule has 0 unspecified atom stereocenters. The largest absolute Gasteiger partial charge is 0.497 e. The minimum atomic E-state index is 0.00279. The second-order valence-electron chi connectivity index (χ2n) is 7.44. The summed E-state index contributed by atoms with van der Waals surface area (Å²) in [5.74, 6) is 2.71. The number of hydrogen-bond acceptors (Lipinski definition) is 5. The molecular formula is C20H26N4O3. The van der Waals surface area contributed by atoms with E-state index in [0.717, 1.165) is 25.3 Å². The van der Waals surface area contributed by atoms with Crippen molar-refractivity contribution in [2.45, 2.75) is 38.1 Å². The number of carbonyl (C=O) groups is 1. The number of hydrogen-bond donors (Lipinski definition) is 0. The Kier molecular flexibility index (Phi) is 5.01. The molecule has 0 spiro atoms. The van der Waals surface area contributed by atoms with E-state index < -0.39 is 0 Å². The lowest BCUT2D eigenvalue weighted by Gasteiger charge is -2.39. The van der Waals surface area contributed by atoms with Crippen molar-refractivity contribution in [3.8, 4) is 11.5 Å². The molecule has 2 aromatic rings. The Balaban J connectivity index is 1.37. The van der Waals surface area contributed by atoms with Gasteiger partial charge in [-0.3, -0.25) is 4.79 Å². The predicted octanol–water partition coefficient (Wildman–Crippen LogP) is 2.73. The van der Waals surface area contributed by atoms with Crippen LogP contribution in [0.4, 0.5) is 0 Å². The summed E-state index contributed by atoms with van der Waals surface area (Å²) in [5.41, 5.74) is 0.575. The minimum Gasteiger partial charge on any atom is -0.497 e. The molecule has 0 radical (unpaired) electrons. The molecule has 1 amide bonds. The van der Waals surface area contributed by atoms with Crippen LogP contribution in [0.15, 0.2) is 24.5 Å². The van der Waals surface area contributed by atoms with Crippen molar-refractivity contribution < 1.29 is 14.3 Å². The average Bonchev–Trinajstić information content (AvgIpc) is 3.34. The number of nitrogens with zero attached hydrogens (tertiary/aromatic N) is 4. The molecule has 0 N–H and O–H groups in total. The number of aromatic nitrogens is 3. The van der Waals surface area contributed by atoms with Gasteiger partial charge in [-0.05, 0) is 25.0 Å². The molecule has 1 aromatic carbocycles. The van der Waals surface area contributed by atoms with Gasteiger partial charge in [0.15, 0.2) is 0 Å². The molecule has 2 heterocycles. The number of amides is 1. The summed E-state index contributed by atoms with van der Waals surface area (Å²) in [6.45, 7) is 1.48. The molecule has 1 saturated carbocycles. The Labute approximate surface area is 159 Å². The lowest BCUT2D eigenvalue weighted by atomic mass is 9.94. The first-order valence-electron chi connectivity index (χ1n) is 9.59. The van der Waals surface area contributed by atoms with E-state index in [1.807, 2.05) is 11.2 Å². The van der Waals surface area contributed by atoms with Crippen molar-refractivity contribution in [1.29, 1.82) is 0 Å². The first-order chi connectivity index (χ1) is 13.2. The van der Waals surface area contributed by atoms with Crippen LogP contribution in [0.3, 0.4) is 0 Å². The first kappa shape index (κ1) is 17.8. The molecule has 0 bridgehead atoms. The van der Waals surface area contributed by atoms with Crippen LogP contribution in [0.1, 0.15) is 47.9 Å². The third kappa shape index (κ3) is 3.50. The molecule has 144 valence electrons. The molecular weight excluding hydrogens is 344 g/mol. The van der Waals surface area contributed by atoms with Crippen molar-refractivity contribution in [3.05, 3.63) is 35.9 Å². The zero-order valence-electron chi connectivity index (χ0n) is 15.9. The summed E-state index contributed by atoms with van der Waals surface area (Å²) in [5, 5.41) is 8.46. The standard InChI is InChI=1S/C20H26N4O3/c1-26-16-7-8-17(18(10-16)27-2)20(25)23-11-14(12-23)9-19-22-21-13-24(19)15-5-3-4-6-15/h7-8,10,13-15H,3-6,9,11-12H2,1-2H3. The maximum absolute atomic E-state index is 12.8. The quantitative estimate of drug-likeness (QED) is 0.782. The molecule has 4 rings (SSSR count). The lowest BCUT2D eigenvalue weighted by Crippen LogP contribution is -2.51. The van der Waals surface area contributed by atoms with E-state index in [1.54, 1.807) is 32.4 Å². The van der Waals surface area contributed by atoms with E-state index >= 15 is 0 Å². The summed E-state index contributed by atoms with van der Waals surface area (Å²) in [6, 6.07) is 5.85. The number of carbonyl (C=O) groups excluding carboxylic acids is 1. The van der Waals surface area contributed by atoms with Gasteiger partial charge in [0, 0.05) is 37.5 Å². The van der Waals surface area contributed by atoms with Crippen molar-refractivity contribution >= 4 is 5.91 Å². The lowest BCUT2D eigenvalue weighted by molar-refractivity contribution is 0.0492. The highest BCUT2D eigenvalue weighted by molar-refractivity contribution is 5.97. The van der Waals surface area contributed by atoms with Crippen LogP contribution in [0, 0.1) is 5.92 Å². The number of ether oxygens (including phenoxy) is 2. The van der Waals surface area contributed by atoms with Gasteiger partial charge in [0.25, 0.3) is 5.91 Å². The van der Waals surface area contributed by atoms with E-state index in [2.05, 4.69) is 14.8 Å². The van der Waals surface area contributed by atoms with E-state index in [9.17, 15) is 4.79 Å². The molecule has 7 heteroatoms. The fraction of sp³-hybridized carbons (Fsp3) is 0.550. The molecule has 1 aliphatic carbocycles. The van der Waals surface area contributed by atoms with Crippen molar-refractivity contribution in [2.75, 3.05) is 27.3 Å². The molecule has 1 saturated heterocycles. The van der Waals surface area contributed by atoms with Gasteiger partial charge < -0.3 is 18.9 Å². The number of rotatable bonds is 6. The molecule has 1 aromatic heterocycles. The van der Waals surface area contributed by atoms with Crippen LogP contribution < -0.4 is 9.47 Å². The van der Waals surface area contributed by atoms with Gasteiger partial charge in [-0.2, -0.15) is 0 Å². The van der Waals surface area contributed by atoms with Gasteiger partial charge in [-0.25, -0.2) is 0 Å². The molecule has 2 fully saturated rings. The van der Waals surface area contributed by atoms with Crippen molar-refractivity contribution in [2.24, 2.45) is 5.92 Å². The Morgan fingerprint density at radius 1 is 1.19 bits per heavy atom. The van der Waals surface area contributed by atoms with Crippen molar-refractivity contribution in [3.63, 3.8) is 0 Å². The van der Waals surface area contributed by atoms with Crippen LogP contribution in [-0.2, 0) is 6.42 Å². The van der Waals surface area contributed by atoms with Gasteiger partial charge in [-0.1, -0.05) is 12.8 Å². The van der Waals surface area contributed by atoms with Gasteiger partial charge in [-0.15, -0.1) is 10.2 Å². The van der Waals surface area contributed by atoms with Crippen molar-refractivity contribution in [1.82, 2.24) is 19.7 Å². The van der Waals surface area contributed by atoms with E-state index in [0.29, 0.717) is 29.0 Å². The second-order valence-corrected chi connectivity index (χ2v) is 7.44. The third-order valence-corrected chi connectivity index (χ3v) is 5.72. The maximum atomic E-state index is 12.8. The van der Waals surface area contributed by atoms with E-state index in [4.69, 9.17) is 9.47 Å². The van der Waals surface area contributed by atoms with Gasteiger partial charge in [0.05, 0.1) is 19.8 Å². The highest BCUT2D eigenvalue weighted by Crippen LogP contribution is 2.32. The van der Waals surface area contributed by atoms with Crippen LogP contribution in [-0.4, -0.2) is 52.9 Å². The summed E-state index contributed by atoms with van der Waals surface area (Å²) in [6.07, 6.45) is 7.76. The monoisotopic (exact) mass is 370 g/mol. The molecule has 1 aliphatic heterocycles. The number of methoxy groups -OCH3 is 2. The Bertz CT molecular complexity index is 807. The second kappa shape index (κ2) is 7.58.